The number of halogens is 1. The molecule has 2 aromatic rings. The number of guanidine groups is 1. The van der Waals surface area contributed by atoms with Crippen LogP contribution in [0, 0.1) is 12.7 Å². The van der Waals surface area contributed by atoms with E-state index in [4.69, 9.17) is 9.47 Å². The van der Waals surface area contributed by atoms with Crippen LogP contribution in [-0.2, 0) is 6.54 Å². The number of benzene rings is 2. The van der Waals surface area contributed by atoms with E-state index in [0.29, 0.717) is 41.7 Å². The van der Waals surface area contributed by atoms with Crippen molar-refractivity contribution in [3.8, 4) is 11.5 Å². The van der Waals surface area contributed by atoms with Crippen molar-refractivity contribution in [3.63, 3.8) is 0 Å². The molecule has 0 fully saturated rings. The van der Waals surface area contributed by atoms with Gasteiger partial charge in [0.05, 0.1) is 26.9 Å². The number of aliphatic hydroxyl groups is 1. The number of aliphatic imine (C=N–C) groups is 1. The lowest BCUT2D eigenvalue weighted by Gasteiger charge is -2.17. The highest BCUT2D eigenvalue weighted by molar-refractivity contribution is 5.79. The Morgan fingerprint density at radius 1 is 1.11 bits per heavy atom. The number of aryl methyl sites for hydroxylation is 1. The normalized spacial score (nSPS) is 12.4. The Labute approximate surface area is 165 Å². The fourth-order valence-electron chi connectivity index (χ4n) is 2.58. The van der Waals surface area contributed by atoms with Gasteiger partial charge in [0.25, 0.3) is 0 Å². The Morgan fingerprint density at radius 2 is 1.79 bits per heavy atom. The molecule has 1 unspecified atom stereocenters. The number of hydrogen-bond donors (Lipinski definition) is 3. The van der Waals surface area contributed by atoms with E-state index in [2.05, 4.69) is 15.6 Å². The fraction of sp³-hybridized carbons (Fsp3) is 0.381. The molecule has 0 bridgehead atoms. The second-order valence-electron chi connectivity index (χ2n) is 6.32. The van der Waals surface area contributed by atoms with Gasteiger partial charge in [0.1, 0.15) is 17.3 Å². The van der Waals surface area contributed by atoms with Gasteiger partial charge in [0, 0.05) is 19.2 Å². The van der Waals surface area contributed by atoms with Crippen molar-refractivity contribution in [2.45, 2.75) is 26.5 Å². The van der Waals surface area contributed by atoms with E-state index < -0.39 is 6.10 Å². The van der Waals surface area contributed by atoms with Gasteiger partial charge in [-0.15, -0.1) is 0 Å². The Bertz CT molecular complexity index is 789. The maximum Gasteiger partial charge on any atom is 0.191 e. The predicted molar refractivity (Wildman–Crippen MR) is 108 cm³/mol. The molecule has 0 aliphatic carbocycles. The summed E-state index contributed by atoms with van der Waals surface area (Å²) in [5, 5.41) is 16.7. The lowest BCUT2D eigenvalue weighted by molar-refractivity contribution is 0.180. The van der Waals surface area contributed by atoms with E-state index >= 15 is 0 Å². The molecule has 0 aromatic heterocycles. The highest BCUT2D eigenvalue weighted by Gasteiger charge is 2.12. The zero-order valence-corrected chi connectivity index (χ0v) is 16.8. The van der Waals surface area contributed by atoms with Crippen LogP contribution >= 0.6 is 0 Å². The number of hydrogen-bond acceptors (Lipinski definition) is 4. The molecule has 0 aliphatic rings. The number of rotatable bonds is 8. The molecule has 0 saturated heterocycles. The summed E-state index contributed by atoms with van der Waals surface area (Å²) in [6.07, 6.45) is -0.787. The monoisotopic (exact) mass is 389 g/mol. The first kappa shape index (κ1) is 21.5. The Kier molecular flexibility index (Phi) is 8.07. The first-order valence-electron chi connectivity index (χ1n) is 9.15. The molecule has 28 heavy (non-hydrogen) atoms. The Balaban J connectivity index is 2.04. The largest absolute Gasteiger partial charge is 0.497 e. The van der Waals surface area contributed by atoms with Crippen LogP contribution in [-0.4, -0.2) is 38.4 Å². The summed E-state index contributed by atoms with van der Waals surface area (Å²) in [6, 6.07) is 10.3. The minimum Gasteiger partial charge on any atom is -0.497 e. The van der Waals surface area contributed by atoms with E-state index in [0.717, 1.165) is 5.56 Å². The first-order valence-corrected chi connectivity index (χ1v) is 9.15. The maximum absolute atomic E-state index is 13.7. The van der Waals surface area contributed by atoms with Crippen molar-refractivity contribution < 1.29 is 19.0 Å². The molecule has 3 N–H and O–H groups in total. The lowest BCUT2D eigenvalue weighted by atomic mass is 10.1. The zero-order valence-electron chi connectivity index (χ0n) is 16.8. The topological polar surface area (TPSA) is 75.1 Å². The second-order valence-corrected chi connectivity index (χ2v) is 6.32. The van der Waals surface area contributed by atoms with Gasteiger partial charge in [0.15, 0.2) is 5.96 Å². The minimum atomic E-state index is -0.787. The van der Waals surface area contributed by atoms with Gasteiger partial charge in [-0.1, -0.05) is 12.1 Å². The summed E-state index contributed by atoms with van der Waals surface area (Å²) >= 11 is 0. The van der Waals surface area contributed by atoms with E-state index in [-0.39, 0.29) is 12.4 Å². The van der Waals surface area contributed by atoms with Crippen LogP contribution in [0.1, 0.15) is 29.7 Å². The third kappa shape index (κ3) is 6.13. The molecule has 0 amide bonds. The standard InChI is InChI=1S/C21H28FN3O3/c1-5-23-21(24-12-15-7-6-14(2)19(22)8-15)25-13-20(26)16-9-17(27-3)11-18(10-16)28-4/h6-11,20,26H,5,12-13H2,1-4H3,(H2,23,24,25). The number of ether oxygens (including phenoxy) is 2. The van der Waals surface area contributed by atoms with Gasteiger partial charge < -0.3 is 25.2 Å². The van der Waals surface area contributed by atoms with Gasteiger partial charge in [-0.05, 0) is 48.7 Å². The molecule has 152 valence electrons. The molecule has 1 atom stereocenters. The van der Waals surface area contributed by atoms with Crippen LogP contribution < -0.4 is 20.1 Å². The van der Waals surface area contributed by atoms with Gasteiger partial charge in [0.2, 0.25) is 0 Å². The highest BCUT2D eigenvalue weighted by atomic mass is 19.1. The fourth-order valence-corrected chi connectivity index (χ4v) is 2.58. The van der Waals surface area contributed by atoms with Gasteiger partial charge >= 0.3 is 0 Å². The molecule has 0 radical (unpaired) electrons. The van der Waals surface area contributed by atoms with Crippen molar-refractivity contribution in [1.29, 1.82) is 0 Å². The summed E-state index contributed by atoms with van der Waals surface area (Å²) < 4.78 is 24.2. The summed E-state index contributed by atoms with van der Waals surface area (Å²) in [5.74, 6) is 1.51. The van der Waals surface area contributed by atoms with E-state index in [1.54, 1.807) is 45.4 Å². The first-order chi connectivity index (χ1) is 13.5. The molecule has 0 saturated carbocycles. The zero-order chi connectivity index (χ0) is 20.5. The van der Waals surface area contributed by atoms with E-state index in [1.165, 1.54) is 6.07 Å². The molecule has 0 spiro atoms. The molecule has 0 aliphatic heterocycles. The van der Waals surface area contributed by atoms with Crippen LogP contribution in [0.3, 0.4) is 0 Å². The van der Waals surface area contributed by atoms with Crippen molar-refractivity contribution >= 4 is 5.96 Å². The van der Waals surface area contributed by atoms with Crippen LogP contribution in [0.5, 0.6) is 11.5 Å². The summed E-state index contributed by atoms with van der Waals surface area (Å²) in [6.45, 7) is 4.91. The summed E-state index contributed by atoms with van der Waals surface area (Å²) in [5.41, 5.74) is 2.05. The molecular weight excluding hydrogens is 361 g/mol. The van der Waals surface area contributed by atoms with Crippen molar-refractivity contribution in [2.75, 3.05) is 27.3 Å². The Morgan fingerprint density at radius 3 is 2.36 bits per heavy atom. The molecule has 2 rings (SSSR count). The smallest absolute Gasteiger partial charge is 0.191 e. The van der Waals surface area contributed by atoms with Crippen LogP contribution in [0.4, 0.5) is 4.39 Å². The average molecular weight is 389 g/mol. The quantitative estimate of drug-likeness (QED) is 0.478. The van der Waals surface area contributed by atoms with E-state index in [1.807, 2.05) is 13.0 Å². The minimum absolute atomic E-state index is 0.240. The highest BCUT2D eigenvalue weighted by Crippen LogP contribution is 2.26. The van der Waals surface area contributed by atoms with Crippen molar-refractivity contribution in [1.82, 2.24) is 10.6 Å². The third-order valence-electron chi connectivity index (χ3n) is 4.22. The molecule has 6 nitrogen and oxygen atoms in total. The molecular formula is C21H28FN3O3. The number of methoxy groups -OCH3 is 2. The van der Waals surface area contributed by atoms with E-state index in [9.17, 15) is 9.50 Å². The second kappa shape index (κ2) is 10.5. The van der Waals surface area contributed by atoms with Crippen molar-refractivity contribution in [3.05, 3.63) is 58.9 Å². The number of nitrogens with zero attached hydrogens (tertiary/aromatic N) is 1. The van der Waals surface area contributed by atoms with Crippen LogP contribution in [0.25, 0.3) is 0 Å². The maximum atomic E-state index is 13.7. The van der Waals surface area contributed by atoms with Gasteiger partial charge in [-0.2, -0.15) is 0 Å². The lowest BCUT2D eigenvalue weighted by Crippen LogP contribution is -2.39. The number of nitrogens with one attached hydrogen (secondary N) is 2. The van der Waals surface area contributed by atoms with Gasteiger partial charge in [-0.3, -0.25) is 0 Å². The predicted octanol–water partition coefficient (Wildman–Crippen LogP) is 2.94. The number of aliphatic hydroxyl groups excluding tert-OH is 1. The molecule has 7 heteroatoms. The summed E-state index contributed by atoms with van der Waals surface area (Å²) in [4.78, 5) is 4.45. The van der Waals surface area contributed by atoms with Crippen LogP contribution in [0.15, 0.2) is 41.4 Å². The summed E-state index contributed by atoms with van der Waals surface area (Å²) in [7, 11) is 3.13. The SMILES string of the molecule is CCNC(=NCc1ccc(C)c(F)c1)NCC(O)c1cc(OC)cc(OC)c1. The van der Waals surface area contributed by atoms with Crippen molar-refractivity contribution in [2.24, 2.45) is 4.99 Å². The average Bonchev–Trinajstić information content (AvgIpc) is 2.71. The molecule has 0 heterocycles. The van der Waals surface area contributed by atoms with Gasteiger partial charge in [-0.25, -0.2) is 9.38 Å². The third-order valence-corrected chi connectivity index (χ3v) is 4.22. The Hall–Kier alpha value is -2.80. The molecule has 2 aromatic carbocycles. The van der Waals surface area contributed by atoms with Crippen LogP contribution in [0.2, 0.25) is 0 Å².